The maximum atomic E-state index is 11.7. The normalized spacial score (nSPS) is 15.4. The van der Waals surface area contributed by atoms with Crippen molar-refractivity contribution in [1.82, 2.24) is 4.90 Å². The van der Waals surface area contributed by atoms with Crippen molar-refractivity contribution < 1.29 is 9.53 Å². The van der Waals surface area contributed by atoms with Crippen molar-refractivity contribution in [3.63, 3.8) is 0 Å². The molecule has 0 N–H and O–H groups in total. The predicted molar refractivity (Wildman–Crippen MR) is 92.4 cm³/mol. The maximum Gasteiger partial charge on any atom is 0.409 e. The zero-order chi connectivity index (χ0) is 16.1. The topological polar surface area (TPSA) is 29.5 Å². The number of hydrogen-bond donors (Lipinski definition) is 0. The first-order valence-corrected chi connectivity index (χ1v) is 8.35. The van der Waals surface area contributed by atoms with E-state index in [1.54, 1.807) is 0 Å². The first-order valence-electron chi connectivity index (χ1n) is 8.35. The average molecular weight is 309 g/mol. The van der Waals surface area contributed by atoms with Gasteiger partial charge >= 0.3 is 6.09 Å². The lowest BCUT2D eigenvalue weighted by Crippen LogP contribution is -2.38. The minimum atomic E-state index is -0.176. The van der Waals surface area contributed by atoms with Crippen molar-refractivity contribution >= 4 is 6.09 Å². The summed E-state index contributed by atoms with van der Waals surface area (Å²) < 4.78 is 5.07. The molecule has 2 aromatic rings. The SMILES string of the molecule is CCOC(=O)N1CCC(c2ccc(-c3ccccc3)cc2)CC1. The van der Waals surface area contributed by atoms with Crippen LogP contribution in [0, 0.1) is 0 Å². The Morgan fingerprint density at radius 1 is 1.00 bits per heavy atom. The highest BCUT2D eigenvalue weighted by Crippen LogP contribution is 2.30. The van der Waals surface area contributed by atoms with Crippen molar-refractivity contribution in [2.75, 3.05) is 19.7 Å². The molecule has 0 aromatic heterocycles. The molecule has 2 aromatic carbocycles. The maximum absolute atomic E-state index is 11.7. The molecule has 1 amide bonds. The first-order chi connectivity index (χ1) is 11.3. The molecular weight excluding hydrogens is 286 g/mol. The van der Waals surface area contributed by atoms with E-state index in [-0.39, 0.29) is 6.09 Å². The van der Waals surface area contributed by atoms with Crippen LogP contribution in [0.2, 0.25) is 0 Å². The molecule has 23 heavy (non-hydrogen) atoms. The van der Waals surface area contributed by atoms with Crippen LogP contribution in [0.15, 0.2) is 54.6 Å². The summed E-state index contributed by atoms with van der Waals surface area (Å²) in [5.74, 6) is 0.533. The lowest BCUT2D eigenvalue weighted by molar-refractivity contribution is 0.0971. The van der Waals surface area contributed by atoms with E-state index in [1.807, 2.05) is 17.9 Å². The van der Waals surface area contributed by atoms with E-state index in [0.29, 0.717) is 12.5 Å². The summed E-state index contributed by atoms with van der Waals surface area (Å²) in [5.41, 5.74) is 3.86. The zero-order valence-corrected chi connectivity index (χ0v) is 13.6. The fourth-order valence-corrected chi connectivity index (χ4v) is 3.19. The molecule has 120 valence electrons. The molecule has 3 rings (SSSR count). The second kappa shape index (κ2) is 7.32. The number of nitrogens with zero attached hydrogens (tertiary/aromatic N) is 1. The molecular formula is C20H23NO2. The number of ether oxygens (including phenoxy) is 1. The number of piperidine rings is 1. The monoisotopic (exact) mass is 309 g/mol. The Hall–Kier alpha value is -2.29. The highest BCUT2D eigenvalue weighted by atomic mass is 16.6. The predicted octanol–water partition coefficient (Wildman–Crippen LogP) is 4.69. The van der Waals surface area contributed by atoms with Crippen LogP contribution in [0.5, 0.6) is 0 Å². The number of rotatable bonds is 3. The average Bonchev–Trinajstić information content (AvgIpc) is 2.63. The summed E-state index contributed by atoms with van der Waals surface area (Å²) in [6.07, 6.45) is 1.83. The second-order valence-electron chi connectivity index (χ2n) is 5.95. The highest BCUT2D eigenvalue weighted by Gasteiger charge is 2.24. The van der Waals surface area contributed by atoms with Crippen LogP contribution in [0.1, 0.15) is 31.2 Å². The van der Waals surface area contributed by atoms with Gasteiger partial charge in [-0.2, -0.15) is 0 Å². The molecule has 0 unspecified atom stereocenters. The Morgan fingerprint density at radius 3 is 2.22 bits per heavy atom. The van der Waals surface area contributed by atoms with Crippen molar-refractivity contribution in [2.45, 2.75) is 25.7 Å². The van der Waals surface area contributed by atoms with Crippen molar-refractivity contribution in [1.29, 1.82) is 0 Å². The molecule has 3 heteroatoms. The summed E-state index contributed by atoms with van der Waals surface area (Å²) in [7, 11) is 0. The van der Waals surface area contributed by atoms with E-state index < -0.39 is 0 Å². The van der Waals surface area contributed by atoms with Crippen molar-refractivity contribution in [2.24, 2.45) is 0 Å². The lowest BCUT2D eigenvalue weighted by Gasteiger charge is -2.31. The van der Waals surface area contributed by atoms with E-state index >= 15 is 0 Å². The molecule has 0 bridgehead atoms. The molecule has 0 spiro atoms. The van der Waals surface area contributed by atoms with E-state index in [0.717, 1.165) is 25.9 Å². The summed E-state index contributed by atoms with van der Waals surface area (Å²) in [5, 5.41) is 0. The van der Waals surface area contributed by atoms with E-state index in [9.17, 15) is 4.79 Å². The molecule has 0 aliphatic carbocycles. The summed E-state index contributed by atoms with van der Waals surface area (Å²) in [6.45, 7) is 3.85. The van der Waals surface area contributed by atoms with Gasteiger partial charge in [0.2, 0.25) is 0 Å². The molecule has 0 atom stereocenters. The number of likely N-dealkylation sites (tertiary alicyclic amines) is 1. The van der Waals surface area contributed by atoms with Gasteiger partial charge in [-0.1, -0.05) is 54.6 Å². The molecule has 1 aliphatic rings. The minimum absolute atomic E-state index is 0.176. The van der Waals surface area contributed by atoms with Gasteiger partial charge in [-0.15, -0.1) is 0 Å². The number of benzene rings is 2. The number of carbonyl (C=O) groups is 1. The molecule has 1 heterocycles. The summed E-state index contributed by atoms with van der Waals surface area (Å²) in [4.78, 5) is 13.6. The Morgan fingerprint density at radius 2 is 1.61 bits per heavy atom. The van der Waals surface area contributed by atoms with E-state index in [1.165, 1.54) is 16.7 Å². The fourth-order valence-electron chi connectivity index (χ4n) is 3.19. The minimum Gasteiger partial charge on any atom is -0.450 e. The van der Waals surface area contributed by atoms with Gasteiger partial charge < -0.3 is 9.64 Å². The van der Waals surface area contributed by atoms with E-state index in [4.69, 9.17) is 4.74 Å². The van der Waals surface area contributed by atoms with Crippen LogP contribution in [0.3, 0.4) is 0 Å². The van der Waals surface area contributed by atoms with Crippen LogP contribution in [-0.4, -0.2) is 30.7 Å². The highest BCUT2D eigenvalue weighted by molar-refractivity contribution is 5.67. The second-order valence-corrected chi connectivity index (χ2v) is 5.95. The van der Waals surface area contributed by atoms with Gasteiger partial charge in [0.15, 0.2) is 0 Å². The third-order valence-corrected chi connectivity index (χ3v) is 4.51. The third kappa shape index (κ3) is 3.73. The first kappa shape index (κ1) is 15.6. The fraction of sp³-hybridized carbons (Fsp3) is 0.350. The van der Waals surface area contributed by atoms with E-state index in [2.05, 4.69) is 48.5 Å². The third-order valence-electron chi connectivity index (χ3n) is 4.51. The van der Waals surface area contributed by atoms with Gasteiger partial charge in [-0.25, -0.2) is 4.79 Å². The number of carbonyl (C=O) groups excluding carboxylic acids is 1. The van der Waals surface area contributed by atoms with Crippen LogP contribution in [0.25, 0.3) is 11.1 Å². The van der Waals surface area contributed by atoms with Crippen molar-refractivity contribution in [3.05, 3.63) is 60.2 Å². The standard InChI is InChI=1S/C20H23NO2/c1-2-23-20(22)21-14-12-19(13-15-21)18-10-8-17(9-11-18)16-6-4-3-5-7-16/h3-11,19H,2,12-15H2,1H3. The smallest absolute Gasteiger partial charge is 0.409 e. The number of amides is 1. The van der Waals surface area contributed by atoms with Gasteiger partial charge in [-0.05, 0) is 42.4 Å². The quantitative estimate of drug-likeness (QED) is 0.823. The molecule has 0 saturated carbocycles. The largest absolute Gasteiger partial charge is 0.450 e. The van der Waals surface area contributed by atoms with Gasteiger partial charge in [0.25, 0.3) is 0 Å². The Kier molecular flexibility index (Phi) is 4.96. The van der Waals surface area contributed by atoms with Crippen LogP contribution in [0.4, 0.5) is 4.79 Å². The molecule has 1 aliphatic heterocycles. The van der Waals surface area contributed by atoms with Gasteiger partial charge in [0.1, 0.15) is 0 Å². The summed E-state index contributed by atoms with van der Waals surface area (Å²) >= 11 is 0. The van der Waals surface area contributed by atoms with Crippen LogP contribution in [-0.2, 0) is 4.74 Å². The zero-order valence-electron chi connectivity index (χ0n) is 13.6. The molecule has 0 radical (unpaired) electrons. The molecule has 3 nitrogen and oxygen atoms in total. The number of hydrogen-bond acceptors (Lipinski definition) is 2. The Balaban J connectivity index is 1.62. The van der Waals surface area contributed by atoms with Crippen LogP contribution >= 0.6 is 0 Å². The van der Waals surface area contributed by atoms with Gasteiger partial charge in [-0.3, -0.25) is 0 Å². The van der Waals surface area contributed by atoms with Crippen LogP contribution < -0.4 is 0 Å². The Bertz CT molecular complexity index is 628. The van der Waals surface area contributed by atoms with Gasteiger partial charge in [0.05, 0.1) is 6.61 Å². The molecule has 1 saturated heterocycles. The molecule has 1 fully saturated rings. The summed E-state index contributed by atoms with van der Waals surface area (Å²) in [6, 6.07) is 19.3. The Labute approximate surface area is 137 Å². The van der Waals surface area contributed by atoms with Gasteiger partial charge in [0, 0.05) is 13.1 Å². The van der Waals surface area contributed by atoms with Crippen molar-refractivity contribution in [3.8, 4) is 11.1 Å². The lowest BCUT2D eigenvalue weighted by atomic mass is 9.88.